The van der Waals surface area contributed by atoms with Crippen molar-refractivity contribution in [3.05, 3.63) is 131 Å². The molecule has 2 aliphatic rings. The van der Waals surface area contributed by atoms with Crippen LogP contribution in [0.5, 0.6) is 0 Å². The van der Waals surface area contributed by atoms with Crippen molar-refractivity contribution < 1.29 is 28.3 Å². The minimum absolute atomic E-state index is 0.0260. The third-order valence-corrected chi connectivity index (χ3v) is 11.2. The first-order chi connectivity index (χ1) is 25.1. The molecule has 5 aromatic rings. The van der Waals surface area contributed by atoms with Crippen LogP contribution in [-0.2, 0) is 37.3 Å². The highest BCUT2D eigenvalue weighted by Crippen LogP contribution is 2.42. The molecular formula is C38H45N6O7P. The van der Waals surface area contributed by atoms with E-state index >= 15 is 0 Å². The minimum atomic E-state index is -4.69. The SMILES string of the molecule is C[C@H](OP(=O)(O)O)[C@H](C)n1ncn(-c2ccc(C3CCC(c4ccc(CC[C@H]5CO[C@](Cn6cncn6)(c6ccccc6)O5)cc4)CC3)cc2)c1=O. The Hall–Kier alpha value is -4.23. The summed E-state index contributed by atoms with van der Waals surface area (Å²) in [6.45, 7) is 4.09. The van der Waals surface area contributed by atoms with Crippen molar-refractivity contribution in [2.24, 2.45) is 0 Å². The van der Waals surface area contributed by atoms with E-state index in [0.717, 1.165) is 44.1 Å². The van der Waals surface area contributed by atoms with Gasteiger partial charge in [0, 0.05) is 5.56 Å². The number of ether oxygens (including phenoxy) is 2. The normalized spacial score (nSPS) is 23.4. The van der Waals surface area contributed by atoms with Gasteiger partial charge in [-0.1, -0.05) is 66.7 Å². The second-order valence-electron chi connectivity index (χ2n) is 14.0. The lowest BCUT2D eigenvalue weighted by atomic mass is 9.76. The quantitative estimate of drug-likeness (QED) is 0.137. The highest BCUT2D eigenvalue weighted by Gasteiger charge is 2.43. The Kier molecular flexibility index (Phi) is 10.7. The van der Waals surface area contributed by atoms with Crippen molar-refractivity contribution in [2.45, 2.75) is 94.8 Å². The van der Waals surface area contributed by atoms with Crippen molar-refractivity contribution in [2.75, 3.05) is 6.61 Å². The average molecular weight is 729 g/mol. The van der Waals surface area contributed by atoms with E-state index in [4.69, 9.17) is 23.8 Å². The van der Waals surface area contributed by atoms with Gasteiger partial charge in [-0.15, -0.1) is 0 Å². The van der Waals surface area contributed by atoms with Gasteiger partial charge in [0.1, 0.15) is 25.5 Å². The van der Waals surface area contributed by atoms with Crippen molar-refractivity contribution in [1.82, 2.24) is 29.1 Å². The van der Waals surface area contributed by atoms with E-state index in [1.807, 2.05) is 42.5 Å². The first-order valence-corrected chi connectivity index (χ1v) is 19.4. The van der Waals surface area contributed by atoms with Gasteiger partial charge in [-0.25, -0.2) is 28.3 Å². The largest absolute Gasteiger partial charge is 0.469 e. The van der Waals surface area contributed by atoms with E-state index < -0.39 is 31.4 Å². The number of aryl methyl sites for hydroxylation is 1. The Balaban J connectivity index is 0.904. The standard InChI is InChI=1S/C38H45N6O7P/c1-27(28(2)51-52(46,47)48)44-37(45)43(26-41-44)35-19-17-33(18-20-35)32-15-13-31(14-16-32)30-11-8-29(9-12-30)10-21-36-22-49-38(50-36,23-42-25-39-24-40-42)34-6-4-3-5-7-34/h3-9,11-12,17-20,24-28,31-32,36H,10,13-16,21-23H2,1-2H3,(H2,46,47,48)/t27-,28-,31?,32?,36-,38-/m0/s1. The summed E-state index contributed by atoms with van der Waals surface area (Å²) >= 11 is 0. The number of rotatable bonds is 13. The van der Waals surface area contributed by atoms with E-state index in [9.17, 15) is 9.36 Å². The molecule has 14 heteroatoms. The van der Waals surface area contributed by atoms with Gasteiger partial charge in [0.05, 0.1) is 30.5 Å². The molecule has 52 heavy (non-hydrogen) atoms. The van der Waals surface area contributed by atoms with Gasteiger partial charge in [-0.2, -0.15) is 10.2 Å². The summed E-state index contributed by atoms with van der Waals surface area (Å²) in [6, 6.07) is 26.5. The lowest BCUT2D eigenvalue weighted by molar-refractivity contribution is -0.189. The summed E-state index contributed by atoms with van der Waals surface area (Å²) in [5.41, 5.74) is 5.18. The van der Waals surface area contributed by atoms with E-state index in [0.29, 0.717) is 30.7 Å². The van der Waals surface area contributed by atoms with Gasteiger partial charge in [-0.3, -0.25) is 4.52 Å². The predicted octanol–water partition coefficient (Wildman–Crippen LogP) is 6.03. The summed E-state index contributed by atoms with van der Waals surface area (Å²) < 4.78 is 33.3. The molecule has 0 amide bonds. The number of phosphoric ester groups is 1. The molecule has 1 aliphatic carbocycles. The third kappa shape index (κ3) is 8.20. The van der Waals surface area contributed by atoms with E-state index in [2.05, 4.69) is 51.6 Å². The monoisotopic (exact) mass is 728 g/mol. The summed E-state index contributed by atoms with van der Waals surface area (Å²) in [5, 5.41) is 8.45. The molecule has 0 spiro atoms. The van der Waals surface area contributed by atoms with Crippen LogP contribution in [-0.4, -0.2) is 57.7 Å². The van der Waals surface area contributed by atoms with Crippen LogP contribution < -0.4 is 5.69 Å². The molecule has 2 N–H and O–H groups in total. The lowest BCUT2D eigenvalue weighted by Gasteiger charge is -2.29. The summed E-state index contributed by atoms with van der Waals surface area (Å²) in [5.74, 6) is 0.0974. The summed E-state index contributed by atoms with van der Waals surface area (Å²) in [4.78, 5) is 35.4. The number of hydrogen-bond acceptors (Lipinski definition) is 8. The van der Waals surface area contributed by atoms with Gasteiger partial charge in [0.25, 0.3) is 0 Å². The molecular weight excluding hydrogens is 683 g/mol. The van der Waals surface area contributed by atoms with Crippen LogP contribution in [0.25, 0.3) is 5.69 Å². The zero-order valence-corrected chi connectivity index (χ0v) is 30.2. The van der Waals surface area contributed by atoms with E-state index in [1.54, 1.807) is 17.9 Å². The highest BCUT2D eigenvalue weighted by atomic mass is 31.2. The first kappa shape index (κ1) is 36.1. The molecule has 7 rings (SSSR count). The topological polar surface area (TPSA) is 156 Å². The third-order valence-electron chi connectivity index (χ3n) is 10.5. The molecule has 2 aromatic heterocycles. The zero-order valence-electron chi connectivity index (χ0n) is 29.3. The van der Waals surface area contributed by atoms with Gasteiger partial charge in [0.15, 0.2) is 0 Å². The number of benzene rings is 3. The highest BCUT2D eigenvalue weighted by molar-refractivity contribution is 7.46. The second kappa shape index (κ2) is 15.4. The molecule has 1 aliphatic heterocycles. The molecule has 1 saturated carbocycles. The molecule has 3 aromatic carbocycles. The van der Waals surface area contributed by atoms with Crippen LogP contribution in [0.15, 0.2) is 103 Å². The molecule has 0 unspecified atom stereocenters. The van der Waals surface area contributed by atoms with Crippen LogP contribution >= 0.6 is 7.82 Å². The van der Waals surface area contributed by atoms with Crippen LogP contribution in [0.4, 0.5) is 0 Å². The van der Waals surface area contributed by atoms with Gasteiger partial charge < -0.3 is 19.3 Å². The fourth-order valence-corrected chi connectivity index (χ4v) is 8.09. The smallest absolute Gasteiger partial charge is 0.342 e. The van der Waals surface area contributed by atoms with Crippen molar-refractivity contribution in [1.29, 1.82) is 0 Å². The number of hydrogen-bond donors (Lipinski definition) is 2. The second-order valence-corrected chi connectivity index (χ2v) is 15.1. The fraction of sp³-hybridized carbons (Fsp3) is 0.421. The zero-order chi connectivity index (χ0) is 36.3. The molecule has 2 fully saturated rings. The fourth-order valence-electron chi connectivity index (χ4n) is 7.48. The first-order valence-electron chi connectivity index (χ1n) is 17.9. The van der Waals surface area contributed by atoms with Crippen LogP contribution in [0.3, 0.4) is 0 Å². The van der Waals surface area contributed by atoms with Crippen LogP contribution in [0.2, 0.25) is 0 Å². The van der Waals surface area contributed by atoms with Gasteiger partial charge >= 0.3 is 13.5 Å². The van der Waals surface area contributed by atoms with Gasteiger partial charge in [-0.05, 0) is 93.0 Å². The maximum Gasteiger partial charge on any atom is 0.469 e. The Morgan fingerprint density at radius 3 is 2.17 bits per heavy atom. The van der Waals surface area contributed by atoms with Gasteiger partial charge in [0.2, 0.25) is 5.79 Å². The minimum Gasteiger partial charge on any atom is -0.342 e. The lowest BCUT2D eigenvalue weighted by Crippen LogP contribution is -2.34. The predicted molar refractivity (Wildman–Crippen MR) is 193 cm³/mol. The van der Waals surface area contributed by atoms with E-state index in [-0.39, 0.29) is 6.10 Å². The van der Waals surface area contributed by atoms with Crippen LogP contribution in [0, 0.1) is 0 Å². The Labute approximate surface area is 302 Å². The number of aromatic nitrogens is 6. The van der Waals surface area contributed by atoms with Crippen molar-refractivity contribution >= 4 is 7.82 Å². The van der Waals surface area contributed by atoms with E-state index in [1.165, 1.54) is 45.5 Å². The molecule has 13 nitrogen and oxygen atoms in total. The Bertz CT molecular complexity index is 2010. The van der Waals surface area contributed by atoms with Crippen LogP contribution in [0.1, 0.15) is 86.1 Å². The molecule has 1 saturated heterocycles. The molecule has 0 radical (unpaired) electrons. The number of phosphoric acid groups is 1. The maximum absolute atomic E-state index is 13.1. The number of nitrogens with zero attached hydrogens (tertiary/aromatic N) is 6. The molecule has 0 bridgehead atoms. The Morgan fingerprint density at radius 2 is 1.56 bits per heavy atom. The molecule has 274 valence electrons. The maximum atomic E-state index is 13.1. The molecule has 3 heterocycles. The van der Waals surface area contributed by atoms with Crippen molar-refractivity contribution in [3.63, 3.8) is 0 Å². The average Bonchev–Trinajstić information content (AvgIpc) is 3.92. The summed E-state index contributed by atoms with van der Waals surface area (Å²) in [7, 11) is -4.69. The molecule has 4 atom stereocenters. The summed E-state index contributed by atoms with van der Waals surface area (Å²) in [6.07, 6.45) is 9.87. The Morgan fingerprint density at radius 1 is 0.904 bits per heavy atom. The van der Waals surface area contributed by atoms with Crippen molar-refractivity contribution in [3.8, 4) is 5.69 Å².